The van der Waals surface area contributed by atoms with Crippen molar-refractivity contribution in [1.29, 1.82) is 0 Å². The van der Waals surface area contributed by atoms with Crippen LogP contribution in [0, 0.1) is 6.92 Å². The second-order valence-electron chi connectivity index (χ2n) is 6.28. The van der Waals surface area contributed by atoms with Crippen molar-refractivity contribution in [2.24, 2.45) is 0 Å². The van der Waals surface area contributed by atoms with Gasteiger partial charge in [-0.15, -0.1) is 0 Å². The van der Waals surface area contributed by atoms with E-state index in [0.29, 0.717) is 10.8 Å². The minimum Gasteiger partial charge on any atom is -0.481 e. The first-order valence-electron chi connectivity index (χ1n) is 8.73. The Labute approximate surface area is 164 Å². The lowest BCUT2D eigenvalue weighted by atomic mass is 10.0. The van der Waals surface area contributed by atoms with Crippen LogP contribution >= 0.6 is 11.6 Å². The van der Waals surface area contributed by atoms with Gasteiger partial charge in [0.25, 0.3) is 5.91 Å². The Bertz CT molecular complexity index is 861. The lowest BCUT2D eigenvalue weighted by molar-refractivity contribution is -0.127. The van der Waals surface area contributed by atoms with Crippen molar-refractivity contribution in [1.82, 2.24) is 10.3 Å². The number of hydrogen-bond donors (Lipinski definition) is 1. The van der Waals surface area contributed by atoms with E-state index >= 15 is 0 Å². The summed E-state index contributed by atoms with van der Waals surface area (Å²) in [6, 6.07) is 20.4. The Morgan fingerprint density at radius 1 is 1.07 bits per heavy atom. The van der Waals surface area contributed by atoms with E-state index in [1.807, 2.05) is 61.5 Å². The number of hydrogen-bond acceptors (Lipinski definition) is 3. The van der Waals surface area contributed by atoms with Crippen LogP contribution in [-0.2, 0) is 4.79 Å². The average Bonchev–Trinajstić information content (AvgIpc) is 2.69. The summed E-state index contributed by atoms with van der Waals surface area (Å²) in [5, 5.41) is 3.68. The molecular formula is C22H21ClN2O2. The van der Waals surface area contributed by atoms with E-state index in [9.17, 15) is 4.79 Å². The Balaban J connectivity index is 1.78. The number of carbonyl (C=O) groups is 1. The molecule has 0 saturated heterocycles. The van der Waals surface area contributed by atoms with E-state index in [4.69, 9.17) is 16.3 Å². The summed E-state index contributed by atoms with van der Waals surface area (Å²) in [5.74, 6) is 0.417. The molecule has 5 heteroatoms. The fourth-order valence-corrected chi connectivity index (χ4v) is 3.00. The van der Waals surface area contributed by atoms with Gasteiger partial charge in [0.2, 0.25) is 0 Å². The van der Waals surface area contributed by atoms with Gasteiger partial charge in [-0.1, -0.05) is 48.0 Å². The van der Waals surface area contributed by atoms with Crippen LogP contribution in [0.1, 0.15) is 29.8 Å². The van der Waals surface area contributed by atoms with E-state index in [1.165, 1.54) is 0 Å². The summed E-state index contributed by atoms with van der Waals surface area (Å²) >= 11 is 5.98. The zero-order valence-electron chi connectivity index (χ0n) is 15.2. The first-order valence-corrected chi connectivity index (χ1v) is 9.11. The number of rotatable bonds is 6. The summed E-state index contributed by atoms with van der Waals surface area (Å²) in [5.41, 5.74) is 2.61. The van der Waals surface area contributed by atoms with Crippen LogP contribution in [0.2, 0.25) is 5.02 Å². The van der Waals surface area contributed by atoms with Crippen molar-refractivity contribution in [3.05, 3.63) is 94.8 Å². The maximum absolute atomic E-state index is 12.8. The number of benzene rings is 2. The van der Waals surface area contributed by atoms with Gasteiger partial charge in [-0.05, 0) is 55.3 Å². The summed E-state index contributed by atoms with van der Waals surface area (Å²) in [6.07, 6.45) is 1.05. The van der Waals surface area contributed by atoms with Crippen LogP contribution in [0.4, 0.5) is 0 Å². The Morgan fingerprint density at radius 3 is 2.48 bits per heavy atom. The average molecular weight is 381 g/mol. The topological polar surface area (TPSA) is 51.2 Å². The second-order valence-corrected chi connectivity index (χ2v) is 6.71. The molecule has 1 N–H and O–H groups in total. The molecule has 2 unspecified atom stereocenters. The third kappa shape index (κ3) is 4.86. The SMILES string of the molecule is Cc1cc(Cl)ccc1OC(C)C(=O)NC(c1ccccc1)c1ccccn1. The van der Waals surface area contributed by atoms with E-state index in [1.54, 1.807) is 25.3 Å². The highest BCUT2D eigenvalue weighted by Crippen LogP contribution is 2.24. The van der Waals surface area contributed by atoms with E-state index in [0.717, 1.165) is 16.8 Å². The molecule has 0 aliphatic rings. The summed E-state index contributed by atoms with van der Waals surface area (Å²) in [6.45, 7) is 3.62. The Hall–Kier alpha value is -2.85. The molecule has 0 bridgehead atoms. The molecule has 0 radical (unpaired) electrons. The number of nitrogens with zero attached hydrogens (tertiary/aromatic N) is 1. The van der Waals surface area contributed by atoms with Gasteiger partial charge in [0.15, 0.2) is 6.10 Å². The second kappa shape index (κ2) is 8.69. The lowest BCUT2D eigenvalue weighted by Gasteiger charge is -2.22. The van der Waals surface area contributed by atoms with Crippen LogP contribution in [-0.4, -0.2) is 17.0 Å². The minimum absolute atomic E-state index is 0.219. The van der Waals surface area contributed by atoms with Crippen molar-refractivity contribution >= 4 is 17.5 Å². The van der Waals surface area contributed by atoms with Crippen LogP contribution in [0.15, 0.2) is 72.9 Å². The molecule has 4 nitrogen and oxygen atoms in total. The lowest BCUT2D eigenvalue weighted by Crippen LogP contribution is -2.39. The van der Waals surface area contributed by atoms with E-state index in [-0.39, 0.29) is 11.9 Å². The Morgan fingerprint density at radius 2 is 1.81 bits per heavy atom. The van der Waals surface area contributed by atoms with Crippen LogP contribution in [0.3, 0.4) is 0 Å². The summed E-state index contributed by atoms with van der Waals surface area (Å²) in [4.78, 5) is 17.2. The minimum atomic E-state index is -0.667. The predicted molar refractivity (Wildman–Crippen MR) is 107 cm³/mol. The van der Waals surface area contributed by atoms with E-state index in [2.05, 4.69) is 10.3 Å². The number of nitrogens with one attached hydrogen (secondary N) is 1. The van der Waals surface area contributed by atoms with Gasteiger partial charge in [0.05, 0.1) is 11.7 Å². The molecular weight excluding hydrogens is 360 g/mol. The molecule has 0 saturated carbocycles. The molecule has 0 aliphatic carbocycles. The molecule has 1 amide bonds. The molecule has 3 rings (SSSR count). The number of ether oxygens (including phenoxy) is 1. The number of halogens is 1. The van der Waals surface area contributed by atoms with Crippen LogP contribution < -0.4 is 10.1 Å². The molecule has 0 fully saturated rings. The molecule has 0 aliphatic heterocycles. The third-order valence-electron chi connectivity index (χ3n) is 4.21. The molecule has 2 atom stereocenters. The van der Waals surface area contributed by atoms with Crippen molar-refractivity contribution in [3.63, 3.8) is 0 Å². The van der Waals surface area contributed by atoms with Crippen molar-refractivity contribution in [2.45, 2.75) is 26.0 Å². The van der Waals surface area contributed by atoms with Gasteiger partial charge in [-0.25, -0.2) is 0 Å². The predicted octanol–water partition coefficient (Wildman–Crippen LogP) is 4.72. The number of aryl methyl sites for hydroxylation is 1. The smallest absolute Gasteiger partial charge is 0.261 e. The number of carbonyl (C=O) groups excluding carboxylic acids is 1. The zero-order valence-corrected chi connectivity index (χ0v) is 16.0. The molecule has 1 heterocycles. The highest BCUT2D eigenvalue weighted by molar-refractivity contribution is 6.30. The maximum Gasteiger partial charge on any atom is 0.261 e. The van der Waals surface area contributed by atoms with Gasteiger partial charge in [-0.3, -0.25) is 9.78 Å². The monoisotopic (exact) mass is 380 g/mol. The molecule has 138 valence electrons. The van der Waals surface area contributed by atoms with Gasteiger partial charge < -0.3 is 10.1 Å². The maximum atomic E-state index is 12.8. The number of amides is 1. The summed E-state index contributed by atoms with van der Waals surface area (Å²) in [7, 11) is 0. The molecule has 3 aromatic rings. The molecule has 1 aromatic heterocycles. The normalized spacial score (nSPS) is 12.9. The van der Waals surface area contributed by atoms with Crippen molar-refractivity contribution in [3.8, 4) is 5.75 Å². The van der Waals surface area contributed by atoms with Gasteiger partial charge in [0.1, 0.15) is 5.75 Å². The van der Waals surface area contributed by atoms with Crippen LogP contribution in [0.5, 0.6) is 5.75 Å². The quantitative estimate of drug-likeness (QED) is 0.673. The molecule has 27 heavy (non-hydrogen) atoms. The molecule has 2 aromatic carbocycles. The first kappa shape index (κ1) is 18.9. The highest BCUT2D eigenvalue weighted by Gasteiger charge is 2.22. The third-order valence-corrected chi connectivity index (χ3v) is 4.45. The van der Waals surface area contributed by atoms with Gasteiger partial charge >= 0.3 is 0 Å². The number of aromatic nitrogens is 1. The van der Waals surface area contributed by atoms with E-state index < -0.39 is 6.10 Å². The highest BCUT2D eigenvalue weighted by atomic mass is 35.5. The largest absolute Gasteiger partial charge is 0.481 e. The number of pyridine rings is 1. The van der Waals surface area contributed by atoms with Crippen LogP contribution in [0.25, 0.3) is 0 Å². The fourth-order valence-electron chi connectivity index (χ4n) is 2.77. The van der Waals surface area contributed by atoms with Gasteiger partial charge in [-0.2, -0.15) is 0 Å². The zero-order chi connectivity index (χ0) is 19.2. The van der Waals surface area contributed by atoms with Gasteiger partial charge in [0, 0.05) is 11.2 Å². The Kier molecular flexibility index (Phi) is 6.09. The van der Waals surface area contributed by atoms with Crippen molar-refractivity contribution in [2.75, 3.05) is 0 Å². The fraction of sp³-hybridized carbons (Fsp3) is 0.182. The first-order chi connectivity index (χ1) is 13.0. The van der Waals surface area contributed by atoms with Crippen molar-refractivity contribution < 1.29 is 9.53 Å². The summed E-state index contributed by atoms with van der Waals surface area (Å²) < 4.78 is 5.84. The standard InChI is InChI=1S/C22H21ClN2O2/c1-15-14-18(23)11-12-20(15)27-16(2)22(26)25-21(17-8-4-3-5-9-17)19-10-6-7-13-24-19/h3-14,16,21H,1-2H3,(H,25,26). The molecule has 0 spiro atoms.